The zero-order valence-electron chi connectivity index (χ0n) is 10.4. The Morgan fingerprint density at radius 3 is 2.57 bits per heavy atom. The summed E-state index contributed by atoms with van der Waals surface area (Å²) in [6.45, 7) is -0.407. The van der Waals surface area contributed by atoms with Gasteiger partial charge in [0.25, 0.3) is 0 Å². The van der Waals surface area contributed by atoms with E-state index in [1.165, 1.54) is 12.3 Å². The van der Waals surface area contributed by atoms with Gasteiger partial charge in [0.2, 0.25) is 0 Å². The molecule has 21 heavy (non-hydrogen) atoms. The van der Waals surface area contributed by atoms with Crippen LogP contribution in [0.5, 0.6) is 5.75 Å². The summed E-state index contributed by atoms with van der Waals surface area (Å²) < 4.78 is 57.9. The fourth-order valence-electron chi connectivity index (χ4n) is 1.52. The fraction of sp³-hybridized carbons (Fsp3) is 0.154. The number of rotatable bonds is 4. The number of nitrogens with one attached hydrogen (secondary N) is 1. The van der Waals surface area contributed by atoms with Gasteiger partial charge in [-0.05, 0) is 24.3 Å². The van der Waals surface area contributed by atoms with Crippen LogP contribution in [-0.4, -0.2) is 17.3 Å². The molecule has 0 amide bonds. The minimum Gasteiger partial charge on any atom is -0.456 e. The van der Waals surface area contributed by atoms with Crippen LogP contribution in [0.2, 0.25) is 0 Å². The number of esters is 1. The molecule has 0 saturated carbocycles. The predicted molar refractivity (Wildman–Crippen MR) is 63.0 cm³/mol. The Hall–Kier alpha value is -2.51. The third kappa shape index (κ3) is 4.23. The molecule has 8 heteroatoms. The largest absolute Gasteiger partial charge is 0.573 e. The maximum atomic E-state index is 13.6. The first-order chi connectivity index (χ1) is 9.85. The molecular formula is C13H9F4NO3. The average Bonchev–Trinajstić information content (AvgIpc) is 2.89. The van der Waals surface area contributed by atoms with Gasteiger partial charge >= 0.3 is 12.3 Å². The summed E-state index contributed by atoms with van der Waals surface area (Å²) in [5.74, 6) is -2.34. The summed E-state index contributed by atoms with van der Waals surface area (Å²) in [6.07, 6.45) is -3.38. The Labute approximate surface area is 116 Å². The van der Waals surface area contributed by atoms with Gasteiger partial charge in [-0.15, -0.1) is 13.2 Å². The SMILES string of the molecule is O=C(OCc1ccc(OC(F)(F)F)cc1F)c1ccc[nH]1. The third-order valence-corrected chi connectivity index (χ3v) is 2.43. The molecule has 1 aromatic heterocycles. The van der Waals surface area contributed by atoms with Crippen molar-refractivity contribution < 1.29 is 31.8 Å². The summed E-state index contributed by atoms with van der Waals surface area (Å²) in [5.41, 5.74) is 0.122. The molecule has 2 aromatic rings. The first-order valence-corrected chi connectivity index (χ1v) is 5.70. The summed E-state index contributed by atoms with van der Waals surface area (Å²) in [6, 6.07) is 5.62. The smallest absolute Gasteiger partial charge is 0.456 e. The van der Waals surface area contributed by atoms with E-state index in [9.17, 15) is 22.4 Å². The van der Waals surface area contributed by atoms with Gasteiger partial charge in [0.15, 0.2) is 0 Å². The maximum absolute atomic E-state index is 13.6. The zero-order chi connectivity index (χ0) is 15.5. The lowest BCUT2D eigenvalue weighted by molar-refractivity contribution is -0.274. The van der Waals surface area contributed by atoms with Crippen molar-refractivity contribution in [2.75, 3.05) is 0 Å². The van der Waals surface area contributed by atoms with Gasteiger partial charge in [0.05, 0.1) is 0 Å². The molecular weight excluding hydrogens is 294 g/mol. The van der Waals surface area contributed by atoms with Gasteiger partial charge in [-0.3, -0.25) is 0 Å². The van der Waals surface area contributed by atoms with Gasteiger partial charge in [0.1, 0.15) is 23.9 Å². The van der Waals surface area contributed by atoms with Crippen molar-refractivity contribution >= 4 is 5.97 Å². The van der Waals surface area contributed by atoms with Crippen LogP contribution in [0, 0.1) is 5.82 Å². The van der Waals surface area contributed by atoms with Crippen LogP contribution >= 0.6 is 0 Å². The minimum atomic E-state index is -4.89. The van der Waals surface area contributed by atoms with E-state index in [4.69, 9.17) is 4.74 Å². The number of ether oxygens (including phenoxy) is 2. The summed E-state index contributed by atoms with van der Waals surface area (Å²) in [4.78, 5) is 14.1. The number of hydrogen-bond donors (Lipinski definition) is 1. The molecule has 1 heterocycles. The molecule has 112 valence electrons. The second-order valence-electron chi connectivity index (χ2n) is 3.96. The summed E-state index contributed by atoms with van der Waals surface area (Å²) >= 11 is 0. The van der Waals surface area contributed by atoms with Crippen LogP contribution in [0.4, 0.5) is 17.6 Å². The van der Waals surface area contributed by atoms with Crippen LogP contribution in [0.15, 0.2) is 36.5 Å². The number of aromatic nitrogens is 1. The number of hydrogen-bond acceptors (Lipinski definition) is 3. The van der Waals surface area contributed by atoms with Gasteiger partial charge in [-0.1, -0.05) is 0 Å². The number of carbonyl (C=O) groups is 1. The van der Waals surface area contributed by atoms with Gasteiger partial charge in [-0.25, -0.2) is 9.18 Å². The quantitative estimate of drug-likeness (QED) is 0.695. The molecule has 0 spiro atoms. The highest BCUT2D eigenvalue weighted by atomic mass is 19.4. The molecule has 1 N–H and O–H groups in total. The molecule has 0 radical (unpaired) electrons. The van der Waals surface area contributed by atoms with Crippen molar-refractivity contribution in [1.82, 2.24) is 4.98 Å². The summed E-state index contributed by atoms with van der Waals surface area (Å²) in [5, 5.41) is 0. The van der Waals surface area contributed by atoms with E-state index < -0.39 is 30.5 Å². The van der Waals surface area contributed by atoms with E-state index in [1.807, 2.05) is 0 Å². The van der Waals surface area contributed by atoms with E-state index in [1.54, 1.807) is 6.07 Å². The highest BCUT2D eigenvalue weighted by molar-refractivity contribution is 5.87. The van der Waals surface area contributed by atoms with Crippen LogP contribution in [-0.2, 0) is 11.3 Å². The van der Waals surface area contributed by atoms with E-state index in [0.29, 0.717) is 6.07 Å². The van der Waals surface area contributed by atoms with Crippen molar-refractivity contribution in [3.05, 3.63) is 53.6 Å². The number of H-pyrrole nitrogens is 1. The Morgan fingerprint density at radius 2 is 2.00 bits per heavy atom. The standard InChI is InChI=1S/C13H9F4NO3/c14-10-6-9(21-13(15,16)17)4-3-8(10)7-20-12(19)11-2-1-5-18-11/h1-6,18H,7H2. The van der Waals surface area contributed by atoms with Crippen molar-refractivity contribution in [3.8, 4) is 5.75 Å². The lowest BCUT2D eigenvalue weighted by Crippen LogP contribution is -2.17. The Bertz CT molecular complexity index is 623. The lowest BCUT2D eigenvalue weighted by atomic mass is 10.2. The Morgan fingerprint density at radius 1 is 1.24 bits per heavy atom. The number of alkyl halides is 3. The molecule has 0 unspecified atom stereocenters. The topological polar surface area (TPSA) is 51.3 Å². The molecule has 1 aromatic carbocycles. The highest BCUT2D eigenvalue weighted by Gasteiger charge is 2.31. The van der Waals surface area contributed by atoms with Gasteiger partial charge in [-0.2, -0.15) is 0 Å². The molecule has 0 fully saturated rings. The number of benzene rings is 1. The van der Waals surface area contributed by atoms with Crippen molar-refractivity contribution in [2.45, 2.75) is 13.0 Å². The van der Waals surface area contributed by atoms with Gasteiger partial charge < -0.3 is 14.5 Å². The van der Waals surface area contributed by atoms with Crippen molar-refractivity contribution in [2.24, 2.45) is 0 Å². The Balaban J connectivity index is 2.00. The van der Waals surface area contributed by atoms with Crippen molar-refractivity contribution in [3.63, 3.8) is 0 Å². The normalized spacial score (nSPS) is 11.2. The van der Waals surface area contributed by atoms with Crippen LogP contribution in [0.25, 0.3) is 0 Å². The molecule has 0 aliphatic heterocycles. The van der Waals surface area contributed by atoms with Crippen LogP contribution < -0.4 is 4.74 Å². The van der Waals surface area contributed by atoms with E-state index in [2.05, 4.69) is 9.72 Å². The molecule has 0 atom stereocenters. The third-order valence-electron chi connectivity index (χ3n) is 2.43. The monoisotopic (exact) mass is 303 g/mol. The number of halogens is 4. The molecule has 4 nitrogen and oxygen atoms in total. The molecule has 2 rings (SSSR count). The Kier molecular flexibility index (Phi) is 4.15. The minimum absolute atomic E-state index is 0.0653. The zero-order valence-corrected chi connectivity index (χ0v) is 10.4. The van der Waals surface area contributed by atoms with E-state index >= 15 is 0 Å². The first-order valence-electron chi connectivity index (χ1n) is 5.70. The van der Waals surface area contributed by atoms with Crippen molar-refractivity contribution in [1.29, 1.82) is 0 Å². The van der Waals surface area contributed by atoms with Gasteiger partial charge in [0, 0.05) is 17.8 Å². The first kappa shape index (κ1) is 14.9. The molecule has 0 aliphatic carbocycles. The number of carbonyl (C=O) groups excluding carboxylic acids is 1. The molecule has 0 bridgehead atoms. The predicted octanol–water partition coefficient (Wildman–Crippen LogP) is 3.41. The maximum Gasteiger partial charge on any atom is 0.573 e. The number of aromatic amines is 1. The highest BCUT2D eigenvalue weighted by Crippen LogP contribution is 2.24. The van der Waals surface area contributed by atoms with Crippen LogP contribution in [0.3, 0.4) is 0 Å². The van der Waals surface area contributed by atoms with E-state index in [0.717, 1.165) is 12.1 Å². The van der Waals surface area contributed by atoms with Crippen LogP contribution in [0.1, 0.15) is 16.1 Å². The van der Waals surface area contributed by atoms with E-state index in [-0.39, 0.29) is 11.3 Å². The second-order valence-corrected chi connectivity index (χ2v) is 3.96. The second kappa shape index (κ2) is 5.86. The average molecular weight is 303 g/mol. The molecule has 0 saturated heterocycles. The summed E-state index contributed by atoms with van der Waals surface area (Å²) in [7, 11) is 0. The lowest BCUT2D eigenvalue weighted by Gasteiger charge is -2.10. The fourth-order valence-corrected chi connectivity index (χ4v) is 1.52. The molecule has 0 aliphatic rings.